The molecule has 0 unspecified atom stereocenters. The van der Waals surface area contributed by atoms with Gasteiger partial charge in [-0.1, -0.05) is 25.7 Å². The molecule has 1 heterocycles. The van der Waals surface area contributed by atoms with E-state index in [1.807, 2.05) is 0 Å². The van der Waals surface area contributed by atoms with Crippen LogP contribution in [0.1, 0.15) is 38.5 Å². The summed E-state index contributed by atoms with van der Waals surface area (Å²) in [5, 5.41) is 0. The van der Waals surface area contributed by atoms with Gasteiger partial charge < -0.3 is 9.47 Å². The monoisotopic (exact) mass is 184 g/mol. The van der Waals surface area contributed by atoms with E-state index in [4.69, 9.17) is 9.47 Å². The maximum atomic E-state index is 5.64. The zero-order chi connectivity index (χ0) is 9.10. The minimum atomic E-state index is 0.100. The second-order valence-electron chi connectivity index (χ2n) is 4.35. The predicted octanol–water partition coefficient (Wildman–Crippen LogP) is 2.58. The minimum absolute atomic E-state index is 0.100. The molecule has 0 spiro atoms. The Hall–Kier alpha value is -0.0800. The summed E-state index contributed by atoms with van der Waals surface area (Å²) in [5.41, 5.74) is 0. The third-order valence-corrected chi connectivity index (χ3v) is 3.52. The SMILES string of the molecule is CO[C@@H]1OC[C@H]2CCCCCC[C@H]21. The highest BCUT2D eigenvalue weighted by atomic mass is 16.7. The summed E-state index contributed by atoms with van der Waals surface area (Å²) in [5.74, 6) is 1.47. The number of hydrogen-bond donors (Lipinski definition) is 0. The van der Waals surface area contributed by atoms with Gasteiger partial charge in [0, 0.05) is 13.0 Å². The van der Waals surface area contributed by atoms with Crippen molar-refractivity contribution < 1.29 is 9.47 Å². The van der Waals surface area contributed by atoms with Crippen molar-refractivity contribution in [3.8, 4) is 0 Å². The van der Waals surface area contributed by atoms with Crippen molar-refractivity contribution in [3.05, 3.63) is 0 Å². The summed E-state index contributed by atoms with van der Waals surface area (Å²) < 4.78 is 11.0. The van der Waals surface area contributed by atoms with Crippen LogP contribution in [0.4, 0.5) is 0 Å². The fourth-order valence-corrected chi connectivity index (χ4v) is 2.74. The van der Waals surface area contributed by atoms with Gasteiger partial charge in [0.05, 0.1) is 6.61 Å². The van der Waals surface area contributed by atoms with E-state index in [1.54, 1.807) is 7.11 Å². The van der Waals surface area contributed by atoms with Gasteiger partial charge >= 0.3 is 0 Å². The first-order valence-electron chi connectivity index (χ1n) is 5.56. The topological polar surface area (TPSA) is 18.5 Å². The highest BCUT2D eigenvalue weighted by molar-refractivity contribution is 4.80. The standard InChI is InChI=1S/C11H20O2/c1-12-11-10-7-5-3-2-4-6-9(10)8-13-11/h9-11H,2-8H2,1H3/t9-,10-,11-/m1/s1. The largest absolute Gasteiger partial charge is 0.356 e. The van der Waals surface area contributed by atoms with Gasteiger partial charge in [-0.05, 0) is 18.8 Å². The van der Waals surface area contributed by atoms with Crippen LogP contribution in [0, 0.1) is 11.8 Å². The first-order chi connectivity index (χ1) is 6.42. The van der Waals surface area contributed by atoms with E-state index in [0.717, 1.165) is 12.5 Å². The highest BCUT2D eigenvalue weighted by Crippen LogP contribution is 2.36. The summed E-state index contributed by atoms with van der Waals surface area (Å²) >= 11 is 0. The van der Waals surface area contributed by atoms with Crippen LogP contribution in [0.3, 0.4) is 0 Å². The lowest BCUT2D eigenvalue weighted by Crippen LogP contribution is -2.23. The molecule has 0 aromatic heterocycles. The lowest BCUT2D eigenvalue weighted by Gasteiger charge is -2.23. The molecule has 2 nitrogen and oxygen atoms in total. The highest BCUT2D eigenvalue weighted by Gasteiger charge is 2.36. The van der Waals surface area contributed by atoms with E-state index >= 15 is 0 Å². The molecule has 1 saturated carbocycles. The van der Waals surface area contributed by atoms with Crippen molar-refractivity contribution in [1.29, 1.82) is 0 Å². The maximum absolute atomic E-state index is 5.64. The molecule has 0 bridgehead atoms. The number of methoxy groups -OCH3 is 1. The van der Waals surface area contributed by atoms with E-state index in [2.05, 4.69) is 0 Å². The van der Waals surface area contributed by atoms with E-state index in [9.17, 15) is 0 Å². The first-order valence-corrected chi connectivity index (χ1v) is 5.56. The second kappa shape index (κ2) is 4.43. The van der Waals surface area contributed by atoms with Crippen LogP contribution in [0.5, 0.6) is 0 Å². The van der Waals surface area contributed by atoms with Gasteiger partial charge in [0.1, 0.15) is 0 Å². The molecule has 0 amide bonds. The van der Waals surface area contributed by atoms with E-state index in [0.29, 0.717) is 5.92 Å². The minimum Gasteiger partial charge on any atom is -0.356 e. The summed E-state index contributed by atoms with van der Waals surface area (Å²) in [4.78, 5) is 0. The van der Waals surface area contributed by atoms with Gasteiger partial charge in [0.15, 0.2) is 6.29 Å². The Morgan fingerprint density at radius 1 is 1.08 bits per heavy atom. The smallest absolute Gasteiger partial charge is 0.160 e. The fraction of sp³-hybridized carbons (Fsp3) is 1.00. The molecule has 2 aliphatic rings. The molecule has 1 aliphatic heterocycles. The fourth-order valence-electron chi connectivity index (χ4n) is 2.74. The number of rotatable bonds is 1. The molecule has 2 heteroatoms. The summed E-state index contributed by atoms with van der Waals surface area (Å²) in [7, 11) is 1.77. The van der Waals surface area contributed by atoms with E-state index in [1.165, 1.54) is 38.5 Å². The Morgan fingerprint density at radius 2 is 1.85 bits per heavy atom. The van der Waals surface area contributed by atoms with Crippen LogP contribution >= 0.6 is 0 Å². The Kier molecular flexibility index (Phi) is 3.23. The molecule has 2 fully saturated rings. The Balaban J connectivity index is 1.95. The molecule has 76 valence electrons. The Labute approximate surface area is 80.6 Å². The van der Waals surface area contributed by atoms with Crippen molar-refractivity contribution in [2.45, 2.75) is 44.8 Å². The van der Waals surface area contributed by atoms with Crippen molar-refractivity contribution in [3.63, 3.8) is 0 Å². The van der Waals surface area contributed by atoms with Crippen molar-refractivity contribution in [2.24, 2.45) is 11.8 Å². The normalized spacial score (nSPS) is 40.8. The van der Waals surface area contributed by atoms with Crippen LogP contribution in [0.15, 0.2) is 0 Å². The molecule has 0 aromatic rings. The molecule has 1 aliphatic carbocycles. The van der Waals surface area contributed by atoms with E-state index < -0.39 is 0 Å². The van der Waals surface area contributed by atoms with Crippen molar-refractivity contribution in [1.82, 2.24) is 0 Å². The van der Waals surface area contributed by atoms with Crippen LogP contribution in [0.25, 0.3) is 0 Å². The number of ether oxygens (including phenoxy) is 2. The average Bonchev–Trinajstić information content (AvgIpc) is 2.46. The van der Waals surface area contributed by atoms with Gasteiger partial charge in [-0.25, -0.2) is 0 Å². The third kappa shape index (κ3) is 2.05. The molecule has 0 radical (unpaired) electrons. The summed E-state index contributed by atoms with van der Waals surface area (Å²) in [6.45, 7) is 0.934. The van der Waals surface area contributed by atoms with Crippen LogP contribution < -0.4 is 0 Å². The molecule has 0 aromatic carbocycles. The van der Waals surface area contributed by atoms with Gasteiger partial charge in [-0.15, -0.1) is 0 Å². The van der Waals surface area contributed by atoms with Crippen molar-refractivity contribution in [2.75, 3.05) is 13.7 Å². The van der Waals surface area contributed by atoms with Gasteiger partial charge in [-0.2, -0.15) is 0 Å². The lowest BCUT2D eigenvalue weighted by atomic mass is 9.83. The molecule has 2 rings (SSSR count). The average molecular weight is 184 g/mol. The van der Waals surface area contributed by atoms with Gasteiger partial charge in [0.2, 0.25) is 0 Å². The number of fused-ring (bicyclic) bond motifs is 1. The maximum Gasteiger partial charge on any atom is 0.160 e. The molecule has 3 atom stereocenters. The third-order valence-electron chi connectivity index (χ3n) is 3.52. The van der Waals surface area contributed by atoms with Crippen LogP contribution in [-0.4, -0.2) is 20.0 Å². The second-order valence-corrected chi connectivity index (χ2v) is 4.35. The lowest BCUT2D eigenvalue weighted by molar-refractivity contribution is -0.111. The Morgan fingerprint density at radius 3 is 2.62 bits per heavy atom. The molecular weight excluding hydrogens is 164 g/mol. The molecular formula is C11H20O2. The van der Waals surface area contributed by atoms with Crippen LogP contribution in [-0.2, 0) is 9.47 Å². The van der Waals surface area contributed by atoms with Gasteiger partial charge in [-0.3, -0.25) is 0 Å². The summed E-state index contributed by atoms with van der Waals surface area (Å²) in [6.07, 6.45) is 8.34. The number of hydrogen-bond acceptors (Lipinski definition) is 2. The Bertz CT molecular complexity index is 158. The zero-order valence-corrected chi connectivity index (χ0v) is 8.50. The van der Waals surface area contributed by atoms with Gasteiger partial charge in [0.25, 0.3) is 0 Å². The quantitative estimate of drug-likeness (QED) is 0.623. The molecule has 13 heavy (non-hydrogen) atoms. The molecule has 1 saturated heterocycles. The van der Waals surface area contributed by atoms with Crippen molar-refractivity contribution >= 4 is 0 Å². The van der Waals surface area contributed by atoms with E-state index in [-0.39, 0.29) is 6.29 Å². The zero-order valence-electron chi connectivity index (χ0n) is 8.50. The predicted molar refractivity (Wildman–Crippen MR) is 51.4 cm³/mol. The molecule has 0 N–H and O–H groups in total. The first kappa shape index (κ1) is 9.47. The summed E-state index contributed by atoms with van der Waals surface area (Å²) in [6, 6.07) is 0. The van der Waals surface area contributed by atoms with Crippen LogP contribution in [0.2, 0.25) is 0 Å².